The smallest absolute Gasteiger partial charge is 0.0236 e. The summed E-state index contributed by atoms with van der Waals surface area (Å²) in [6.45, 7) is 14.9. The molecule has 0 saturated carbocycles. The topological polar surface area (TPSA) is 15.3 Å². The van der Waals surface area contributed by atoms with Gasteiger partial charge >= 0.3 is 0 Å². The van der Waals surface area contributed by atoms with Crippen molar-refractivity contribution in [1.82, 2.24) is 10.2 Å². The van der Waals surface area contributed by atoms with Crippen molar-refractivity contribution < 1.29 is 0 Å². The quantitative estimate of drug-likeness (QED) is 0.885. The molecule has 0 bridgehead atoms. The van der Waals surface area contributed by atoms with Crippen LogP contribution in [0.25, 0.3) is 0 Å². The van der Waals surface area contributed by atoms with Crippen LogP contribution < -0.4 is 5.32 Å². The van der Waals surface area contributed by atoms with Gasteiger partial charge in [-0.15, -0.1) is 0 Å². The molecule has 0 atom stereocenters. The number of hydrogen-bond acceptors (Lipinski definition) is 2. The van der Waals surface area contributed by atoms with Gasteiger partial charge in [0.2, 0.25) is 0 Å². The van der Waals surface area contributed by atoms with Crippen LogP contribution in [0.15, 0.2) is 12.1 Å². The van der Waals surface area contributed by atoms with Gasteiger partial charge in [0, 0.05) is 13.1 Å². The van der Waals surface area contributed by atoms with E-state index >= 15 is 0 Å². The average Bonchev–Trinajstić information content (AvgIpc) is 2.45. The molecule has 1 aromatic carbocycles. The van der Waals surface area contributed by atoms with Gasteiger partial charge in [0.15, 0.2) is 0 Å². The number of piperidine rings is 1. The minimum absolute atomic E-state index is 0.878. The van der Waals surface area contributed by atoms with Gasteiger partial charge in [-0.1, -0.05) is 19.1 Å². The summed E-state index contributed by atoms with van der Waals surface area (Å²) in [7, 11) is 0. The number of benzene rings is 1. The standard InChI is InChI=1S/C18H30N2/c1-5-20(12-17-6-8-19-9-7-17)13-18-11-15(3)14(2)10-16(18)4/h10-11,17,19H,5-9,12-13H2,1-4H3. The summed E-state index contributed by atoms with van der Waals surface area (Å²) < 4.78 is 0. The Bertz CT molecular complexity index is 433. The van der Waals surface area contributed by atoms with Crippen molar-refractivity contribution in [3.8, 4) is 0 Å². The SMILES string of the molecule is CCN(Cc1cc(C)c(C)cc1C)CC1CCNCC1. The highest BCUT2D eigenvalue weighted by atomic mass is 15.1. The number of nitrogens with zero attached hydrogens (tertiary/aromatic N) is 1. The fraction of sp³-hybridized carbons (Fsp3) is 0.667. The minimum Gasteiger partial charge on any atom is -0.317 e. The first-order valence-corrected chi connectivity index (χ1v) is 8.10. The summed E-state index contributed by atoms with van der Waals surface area (Å²) >= 11 is 0. The molecule has 0 spiro atoms. The summed E-state index contributed by atoms with van der Waals surface area (Å²) in [5, 5.41) is 3.46. The highest BCUT2D eigenvalue weighted by Crippen LogP contribution is 2.19. The molecule has 1 aliphatic heterocycles. The second-order valence-electron chi connectivity index (χ2n) is 6.38. The Morgan fingerprint density at radius 1 is 1.05 bits per heavy atom. The van der Waals surface area contributed by atoms with Gasteiger partial charge in [-0.3, -0.25) is 4.90 Å². The maximum absolute atomic E-state index is 3.46. The first-order chi connectivity index (χ1) is 9.60. The molecular formula is C18H30N2. The molecule has 0 radical (unpaired) electrons. The molecule has 0 aliphatic carbocycles. The van der Waals surface area contributed by atoms with Gasteiger partial charge in [0.05, 0.1) is 0 Å². The van der Waals surface area contributed by atoms with Crippen molar-refractivity contribution >= 4 is 0 Å². The van der Waals surface area contributed by atoms with Crippen LogP contribution in [0.1, 0.15) is 42.0 Å². The van der Waals surface area contributed by atoms with Crippen LogP contribution in [0, 0.1) is 26.7 Å². The van der Waals surface area contributed by atoms with Crippen molar-refractivity contribution in [3.63, 3.8) is 0 Å². The molecule has 2 heteroatoms. The Hall–Kier alpha value is -0.860. The first-order valence-electron chi connectivity index (χ1n) is 8.10. The molecular weight excluding hydrogens is 244 g/mol. The molecule has 0 unspecified atom stereocenters. The van der Waals surface area contributed by atoms with Gasteiger partial charge in [-0.05, 0) is 81.4 Å². The number of aryl methyl sites for hydroxylation is 3. The second kappa shape index (κ2) is 7.24. The Balaban J connectivity index is 2.00. The average molecular weight is 274 g/mol. The van der Waals surface area contributed by atoms with Crippen LogP contribution in [0.4, 0.5) is 0 Å². The predicted molar refractivity (Wildman–Crippen MR) is 87.2 cm³/mol. The van der Waals surface area contributed by atoms with Crippen LogP contribution in [-0.2, 0) is 6.54 Å². The summed E-state index contributed by atoms with van der Waals surface area (Å²) in [6.07, 6.45) is 2.67. The van der Waals surface area contributed by atoms with Crippen LogP contribution in [-0.4, -0.2) is 31.1 Å². The summed E-state index contributed by atoms with van der Waals surface area (Å²) in [5.41, 5.74) is 5.77. The lowest BCUT2D eigenvalue weighted by Crippen LogP contribution is -2.36. The first kappa shape index (κ1) is 15.5. The van der Waals surface area contributed by atoms with Crippen molar-refractivity contribution in [3.05, 3.63) is 34.4 Å². The molecule has 0 amide bonds. The highest BCUT2D eigenvalue weighted by Gasteiger charge is 2.17. The zero-order chi connectivity index (χ0) is 14.5. The third-order valence-corrected chi connectivity index (χ3v) is 4.77. The van der Waals surface area contributed by atoms with Crippen molar-refractivity contribution in [1.29, 1.82) is 0 Å². The zero-order valence-corrected chi connectivity index (χ0v) is 13.6. The van der Waals surface area contributed by atoms with Crippen molar-refractivity contribution in [2.75, 3.05) is 26.2 Å². The normalized spacial score (nSPS) is 16.9. The lowest BCUT2D eigenvalue weighted by Gasteiger charge is -2.30. The van der Waals surface area contributed by atoms with Crippen LogP contribution in [0.3, 0.4) is 0 Å². The number of rotatable bonds is 5. The minimum atomic E-state index is 0.878. The summed E-state index contributed by atoms with van der Waals surface area (Å²) in [5.74, 6) is 0.878. The van der Waals surface area contributed by atoms with Gasteiger partial charge in [-0.25, -0.2) is 0 Å². The van der Waals surface area contributed by atoms with E-state index in [1.54, 1.807) is 0 Å². The zero-order valence-electron chi connectivity index (χ0n) is 13.6. The Morgan fingerprint density at radius 2 is 1.70 bits per heavy atom. The molecule has 112 valence electrons. The van der Waals surface area contributed by atoms with E-state index < -0.39 is 0 Å². The molecule has 0 aromatic heterocycles. The molecule has 1 aliphatic rings. The lowest BCUT2D eigenvalue weighted by atomic mass is 9.96. The van der Waals surface area contributed by atoms with E-state index in [9.17, 15) is 0 Å². The Labute approximate surface area is 124 Å². The van der Waals surface area contributed by atoms with E-state index in [2.05, 4.69) is 50.0 Å². The molecule has 1 N–H and O–H groups in total. The van der Waals surface area contributed by atoms with Gasteiger partial charge in [0.25, 0.3) is 0 Å². The van der Waals surface area contributed by atoms with Gasteiger partial charge in [-0.2, -0.15) is 0 Å². The van der Waals surface area contributed by atoms with Crippen LogP contribution in [0.2, 0.25) is 0 Å². The third kappa shape index (κ3) is 4.07. The summed E-state index contributed by atoms with van der Waals surface area (Å²) in [6, 6.07) is 4.72. The summed E-state index contributed by atoms with van der Waals surface area (Å²) in [4.78, 5) is 2.62. The molecule has 20 heavy (non-hydrogen) atoms. The molecule has 1 saturated heterocycles. The van der Waals surface area contributed by atoms with Gasteiger partial charge in [0.1, 0.15) is 0 Å². The second-order valence-corrected chi connectivity index (χ2v) is 6.38. The van der Waals surface area contributed by atoms with Crippen molar-refractivity contribution in [2.45, 2.75) is 47.1 Å². The molecule has 2 nitrogen and oxygen atoms in total. The molecule has 2 rings (SSSR count). The Kier molecular flexibility index (Phi) is 5.62. The maximum Gasteiger partial charge on any atom is 0.0236 e. The van der Waals surface area contributed by atoms with Crippen molar-refractivity contribution in [2.24, 2.45) is 5.92 Å². The van der Waals surface area contributed by atoms with E-state index in [1.807, 2.05) is 0 Å². The van der Waals surface area contributed by atoms with Gasteiger partial charge < -0.3 is 5.32 Å². The fourth-order valence-electron chi connectivity index (χ4n) is 3.17. The Morgan fingerprint density at radius 3 is 2.35 bits per heavy atom. The van der Waals surface area contributed by atoms with Crippen LogP contribution in [0.5, 0.6) is 0 Å². The highest BCUT2D eigenvalue weighted by molar-refractivity contribution is 5.36. The van der Waals surface area contributed by atoms with E-state index in [1.165, 1.54) is 54.7 Å². The largest absolute Gasteiger partial charge is 0.317 e. The molecule has 1 heterocycles. The fourth-order valence-corrected chi connectivity index (χ4v) is 3.17. The lowest BCUT2D eigenvalue weighted by molar-refractivity contribution is 0.207. The molecule has 1 fully saturated rings. The monoisotopic (exact) mass is 274 g/mol. The van der Waals surface area contributed by atoms with E-state index in [4.69, 9.17) is 0 Å². The molecule has 1 aromatic rings. The third-order valence-electron chi connectivity index (χ3n) is 4.77. The number of hydrogen-bond donors (Lipinski definition) is 1. The van der Waals surface area contributed by atoms with E-state index in [-0.39, 0.29) is 0 Å². The predicted octanol–water partition coefficient (Wildman–Crippen LogP) is 3.43. The van der Waals surface area contributed by atoms with E-state index in [0.29, 0.717) is 0 Å². The maximum atomic E-state index is 3.46. The number of nitrogens with one attached hydrogen (secondary N) is 1. The van der Waals surface area contributed by atoms with Crippen LogP contribution >= 0.6 is 0 Å². The van der Waals surface area contributed by atoms with E-state index in [0.717, 1.165) is 19.0 Å².